The number of unbranched alkanes of at least 4 members (excludes halogenated alkanes) is 2. The highest BCUT2D eigenvalue weighted by Crippen LogP contribution is 2.17. The number of aliphatic hydroxyl groups excluding tert-OH is 1. The molecule has 0 aliphatic carbocycles. The first kappa shape index (κ1) is 23.3. The van der Waals surface area contributed by atoms with Gasteiger partial charge >= 0.3 is 12.1 Å². The molecule has 0 aliphatic heterocycles. The van der Waals surface area contributed by atoms with Crippen molar-refractivity contribution >= 4 is 18.0 Å². The lowest BCUT2D eigenvalue weighted by molar-refractivity contribution is -0.154. The smallest absolute Gasteiger partial charge is 0.417 e. The number of hydrogen-bond acceptors (Lipinski definition) is 6. The highest BCUT2D eigenvalue weighted by molar-refractivity contribution is 5.97. The number of imide groups is 1. The second kappa shape index (κ2) is 10.4. The predicted octanol–water partition coefficient (Wildman–Crippen LogP) is 1.88. The van der Waals surface area contributed by atoms with Crippen molar-refractivity contribution in [2.75, 3.05) is 0 Å². The maximum Gasteiger partial charge on any atom is 0.417 e. The number of carbonyl (C=O) groups is 3. The standard InChI is InChI=1S/C17H32N2O6/c1-6-7-8-9-12(18)10-13(21)19(14(11(2)20)15(22)23)16(24)25-17(3,4)5/h11-12,14,20H,6-10,18H2,1-5H3,(H,22,23)/t11-,12?,14+/m1/s1. The van der Waals surface area contributed by atoms with Crippen LogP contribution in [0, 0.1) is 0 Å². The summed E-state index contributed by atoms with van der Waals surface area (Å²) >= 11 is 0. The molecule has 4 N–H and O–H groups in total. The largest absolute Gasteiger partial charge is 0.480 e. The third-order valence-electron chi connectivity index (χ3n) is 3.46. The lowest BCUT2D eigenvalue weighted by Crippen LogP contribution is -2.55. The number of ether oxygens (including phenoxy) is 1. The van der Waals surface area contributed by atoms with Crippen LogP contribution in [0.1, 0.15) is 66.7 Å². The van der Waals surface area contributed by atoms with Crippen molar-refractivity contribution in [3.8, 4) is 0 Å². The van der Waals surface area contributed by atoms with Gasteiger partial charge in [-0.1, -0.05) is 26.2 Å². The first-order valence-electron chi connectivity index (χ1n) is 8.62. The fraction of sp³-hybridized carbons (Fsp3) is 0.824. The minimum absolute atomic E-state index is 0.195. The first-order chi connectivity index (χ1) is 11.4. The fourth-order valence-electron chi connectivity index (χ4n) is 2.30. The number of nitrogens with zero attached hydrogens (tertiary/aromatic N) is 1. The summed E-state index contributed by atoms with van der Waals surface area (Å²) < 4.78 is 5.13. The number of carboxylic acids is 1. The van der Waals surface area contributed by atoms with Crippen molar-refractivity contribution in [3.05, 3.63) is 0 Å². The summed E-state index contributed by atoms with van der Waals surface area (Å²) in [6.45, 7) is 8.04. The normalized spacial score (nSPS) is 15.2. The summed E-state index contributed by atoms with van der Waals surface area (Å²) in [4.78, 5) is 36.8. The Labute approximate surface area is 149 Å². The molecule has 8 nitrogen and oxygen atoms in total. The molecule has 0 rings (SSSR count). The van der Waals surface area contributed by atoms with E-state index in [1.807, 2.05) is 6.92 Å². The van der Waals surface area contributed by atoms with E-state index < -0.39 is 41.8 Å². The maximum atomic E-state index is 12.5. The van der Waals surface area contributed by atoms with Crippen LogP contribution in [0.15, 0.2) is 0 Å². The van der Waals surface area contributed by atoms with Crippen molar-refractivity contribution in [2.24, 2.45) is 5.73 Å². The van der Waals surface area contributed by atoms with Gasteiger partial charge in [0.05, 0.1) is 6.10 Å². The molecular weight excluding hydrogens is 328 g/mol. The van der Waals surface area contributed by atoms with Crippen molar-refractivity contribution in [3.63, 3.8) is 0 Å². The Morgan fingerprint density at radius 2 is 1.76 bits per heavy atom. The molecule has 0 aromatic heterocycles. The van der Waals surface area contributed by atoms with Gasteiger partial charge in [0.15, 0.2) is 6.04 Å². The van der Waals surface area contributed by atoms with E-state index in [0.29, 0.717) is 11.3 Å². The van der Waals surface area contributed by atoms with Crippen LogP contribution in [0.3, 0.4) is 0 Å². The van der Waals surface area contributed by atoms with Crippen molar-refractivity contribution in [1.82, 2.24) is 4.90 Å². The third-order valence-corrected chi connectivity index (χ3v) is 3.46. The monoisotopic (exact) mass is 360 g/mol. The summed E-state index contributed by atoms with van der Waals surface area (Å²) in [6.07, 6.45) is 0.664. The molecular formula is C17H32N2O6. The second-order valence-electron chi connectivity index (χ2n) is 7.23. The Balaban J connectivity index is 5.32. The van der Waals surface area contributed by atoms with Gasteiger partial charge in [0, 0.05) is 12.5 Å². The van der Waals surface area contributed by atoms with Crippen LogP contribution in [0.4, 0.5) is 4.79 Å². The molecule has 146 valence electrons. The van der Waals surface area contributed by atoms with Crippen LogP contribution >= 0.6 is 0 Å². The van der Waals surface area contributed by atoms with Gasteiger partial charge in [0.1, 0.15) is 5.60 Å². The molecule has 0 spiro atoms. The number of amides is 2. The van der Waals surface area contributed by atoms with E-state index in [1.54, 1.807) is 20.8 Å². The lowest BCUT2D eigenvalue weighted by atomic mass is 10.0. The molecule has 2 amide bonds. The molecule has 1 unspecified atom stereocenters. The average molecular weight is 360 g/mol. The van der Waals surface area contributed by atoms with Gasteiger partial charge in [-0.25, -0.2) is 14.5 Å². The second-order valence-corrected chi connectivity index (χ2v) is 7.23. The van der Waals surface area contributed by atoms with Gasteiger partial charge in [0.2, 0.25) is 5.91 Å². The van der Waals surface area contributed by atoms with Gasteiger partial charge in [-0.3, -0.25) is 4.79 Å². The number of carboxylic acid groups (broad SMARTS) is 1. The van der Waals surface area contributed by atoms with Crippen LogP contribution in [-0.4, -0.2) is 56.9 Å². The molecule has 8 heteroatoms. The van der Waals surface area contributed by atoms with Gasteiger partial charge in [-0.05, 0) is 34.1 Å². The molecule has 0 bridgehead atoms. The van der Waals surface area contributed by atoms with Gasteiger partial charge in [0.25, 0.3) is 0 Å². The van der Waals surface area contributed by atoms with E-state index in [9.17, 15) is 24.6 Å². The lowest BCUT2D eigenvalue weighted by Gasteiger charge is -2.31. The summed E-state index contributed by atoms with van der Waals surface area (Å²) in [6, 6.07) is -2.22. The average Bonchev–Trinajstić information content (AvgIpc) is 2.41. The minimum atomic E-state index is -1.73. The topological polar surface area (TPSA) is 130 Å². The van der Waals surface area contributed by atoms with Crippen LogP contribution in [0.5, 0.6) is 0 Å². The Bertz CT molecular complexity index is 459. The van der Waals surface area contributed by atoms with E-state index in [2.05, 4.69) is 0 Å². The number of hydrogen-bond donors (Lipinski definition) is 3. The molecule has 0 aromatic rings. The molecule has 0 aliphatic rings. The Kier molecular flexibility index (Phi) is 9.66. The molecule has 25 heavy (non-hydrogen) atoms. The van der Waals surface area contributed by atoms with Crippen molar-refractivity contribution in [2.45, 2.75) is 90.5 Å². The van der Waals surface area contributed by atoms with Crippen LogP contribution in [-0.2, 0) is 14.3 Å². The molecule has 0 saturated heterocycles. The molecule has 3 atom stereocenters. The maximum absolute atomic E-state index is 12.5. The number of rotatable bonds is 9. The van der Waals surface area contributed by atoms with Gasteiger partial charge in [-0.15, -0.1) is 0 Å². The van der Waals surface area contributed by atoms with Crippen molar-refractivity contribution < 1.29 is 29.3 Å². The molecule has 0 aromatic carbocycles. The summed E-state index contributed by atoms with van der Waals surface area (Å²) in [5.41, 5.74) is 5.01. The molecule has 0 heterocycles. The van der Waals surface area contributed by atoms with Gasteiger partial charge in [-0.2, -0.15) is 0 Å². The van der Waals surface area contributed by atoms with E-state index in [0.717, 1.165) is 19.3 Å². The van der Waals surface area contributed by atoms with Crippen LogP contribution < -0.4 is 5.73 Å². The first-order valence-corrected chi connectivity index (χ1v) is 8.62. The summed E-state index contributed by atoms with van der Waals surface area (Å²) in [5, 5.41) is 19.1. The summed E-state index contributed by atoms with van der Waals surface area (Å²) in [7, 11) is 0. The molecule has 0 saturated carbocycles. The predicted molar refractivity (Wildman–Crippen MR) is 92.9 cm³/mol. The van der Waals surface area contributed by atoms with Crippen LogP contribution in [0.25, 0.3) is 0 Å². The number of carbonyl (C=O) groups excluding carboxylic acids is 2. The van der Waals surface area contributed by atoms with E-state index in [1.165, 1.54) is 6.92 Å². The zero-order chi connectivity index (χ0) is 19.8. The Hall–Kier alpha value is -1.67. The highest BCUT2D eigenvalue weighted by atomic mass is 16.6. The quantitative estimate of drug-likeness (QED) is 0.535. The molecule has 0 radical (unpaired) electrons. The van der Waals surface area contributed by atoms with Crippen LogP contribution in [0.2, 0.25) is 0 Å². The zero-order valence-corrected chi connectivity index (χ0v) is 15.8. The zero-order valence-electron chi connectivity index (χ0n) is 15.8. The summed E-state index contributed by atoms with van der Waals surface area (Å²) in [5.74, 6) is -2.26. The minimum Gasteiger partial charge on any atom is -0.480 e. The number of aliphatic carboxylic acids is 1. The number of aliphatic hydroxyl groups is 1. The number of nitrogens with two attached hydrogens (primary N) is 1. The highest BCUT2D eigenvalue weighted by Gasteiger charge is 2.40. The Morgan fingerprint density at radius 3 is 2.16 bits per heavy atom. The van der Waals surface area contributed by atoms with Gasteiger partial charge < -0.3 is 20.7 Å². The fourth-order valence-corrected chi connectivity index (χ4v) is 2.30. The van der Waals surface area contributed by atoms with E-state index >= 15 is 0 Å². The SMILES string of the molecule is CCCCCC(N)CC(=O)N(C(=O)OC(C)(C)C)[C@H](C(=O)O)[C@@H](C)O. The van der Waals surface area contributed by atoms with E-state index in [4.69, 9.17) is 10.5 Å². The van der Waals surface area contributed by atoms with E-state index in [-0.39, 0.29) is 6.42 Å². The third kappa shape index (κ3) is 8.83. The van der Waals surface area contributed by atoms with Crippen molar-refractivity contribution in [1.29, 1.82) is 0 Å². The Morgan fingerprint density at radius 1 is 1.20 bits per heavy atom. The molecule has 0 fully saturated rings.